The summed E-state index contributed by atoms with van der Waals surface area (Å²) in [5, 5.41) is 15.4. The molecule has 54 valence electrons. The minimum atomic E-state index is -1.31. The van der Waals surface area contributed by atoms with E-state index < -0.39 is 18.4 Å². The van der Waals surface area contributed by atoms with Crippen LogP contribution in [0.4, 0.5) is 0 Å². The molecule has 0 aromatic heterocycles. The molecule has 5 heteroatoms. The third-order valence-electron chi connectivity index (χ3n) is 0.302. The molecule has 0 aromatic rings. The van der Waals surface area contributed by atoms with E-state index in [4.69, 9.17) is 10.2 Å². The first kappa shape index (κ1) is 10.8. The molecule has 0 aliphatic carbocycles. The quantitative estimate of drug-likeness (QED) is 0.427. The molecule has 0 radical (unpaired) electrons. The zero-order chi connectivity index (χ0) is 7.86. The number of nitrogens with two attached hydrogens (primary N) is 1. The highest BCUT2D eigenvalue weighted by atomic mass is 16.4. The number of aliphatic carboxylic acids is 2. The van der Waals surface area contributed by atoms with Gasteiger partial charge in [-0.15, -0.1) is 0 Å². The van der Waals surface area contributed by atoms with Crippen LogP contribution in [0, 0.1) is 0 Å². The van der Waals surface area contributed by atoms with Gasteiger partial charge in [0.25, 0.3) is 0 Å². The third kappa shape index (κ3) is 19.7. The molecule has 0 aliphatic heterocycles. The Morgan fingerprint density at radius 3 is 1.44 bits per heavy atom. The largest absolute Gasteiger partial charge is 0.481 e. The van der Waals surface area contributed by atoms with Crippen molar-refractivity contribution < 1.29 is 19.8 Å². The molecule has 0 bridgehead atoms. The van der Waals surface area contributed by atoms with Crippen molar-refractivity contribution in [2.45, 2.75) is 6.42 Å². The van der Waals surface area contributed by atoms with Gasteiger partial charge in [-0.2, -0.15) is 0 Å². The average molecular weight is 135 g/mol. The van der Waals surface area contributed by atoms with Crippen molar-refractivity contribution >= 4 is 11.9 Å². The minimum absolute atomic E-state index is 0.806. The lowest BCUT2D eigenvalue weighted by atomic mass is 10.5. The number of hydrogen-bond donors (Lipinski definition) is 3. The fourth-order valence-electron chi connectivity index (χ4n) is 0.129. The van der Waals surface area contributed by atoms with Crippen molar-refractivity contribution in [1.82, 2.24) is 0 Å². The summed E-state index contributed by atoms with van der Waals surface area (Å²) in [5.74, 6) is -2.62. The molecule has 0 spiro atoms. The van der Waals surface area contributed by atoms with Crippen LogP contribution in [0.15, 0.2) is 0 Å². The topological polar surface area (TPSA) is 101 Å². The molecule has 0 heterocycles. The normalized spacial score (nSPS) is 6.89. The molecule has 0 saturated carbocycles. The zero-order valence-electron chi connectivity index (χ0n) is 5.00. The summed E-state index contributed by atoms with van der Waals surface area (Å²) < 4.78 is 0. The van der Waals surface area contributed by atoms with E-state index in [1.165, 1.54) is 7.05 Å². The van der Waals surface area contributed by atoms with Crippen molar-refractivity contribution in [3.8, 4) is 0 Å². The molecular formula is C4H9NO4. The Bertz CT molecular complexity index is 88.7. The SMILES string of the molecule is CN.O=C(O)CC(=O)O. The maximum absolute atomic E-state index is 9.43. The second-order valence-corrected chi connectivity index (χ2v) is 0.964. The smallest absolute Gasteiger partial charge is 0.314 e. The molecule has 0 amide bonds. The molecular weight excluding hydrogens is 126 g/mol. The lowest BCUT2D eigenvalue weighted by Crippen LogP contribution is -2.03. The first-order valence-corrected chi connectivity index (χ1v) is 2.14. The van der Waals surface area contributed by atoms with Crippen molar-refractivity contribution in [3.05, 3.63) is 0 Å². The van der Waals surface area contributed by atoms with Crippen molar-refractivity contribution in [2.24, 2.45) is 5.73 Å². The van der Waals surface area contributed by atoms with Crippen molar-refractivity contribution in [3.63, 3.8) is 0 Å². The van der Waals surface area contributed by atoms with E-state index in [9.17, 15) is 9.59 Å². The molecule has 4 N–H and O–H groups in total. The highest BCUT2D eigenvalue weighted by molar-refractivity contribution is 5.88. The molecule has 0 rings (SSSR count). The van der Waals surface area contributed by atoms with Crippen molar-refractivity contribution in [1.29, 1.82) is 0 Å². The molecule has 0 aliphatic rings. The fraction of sp³-hybridized carbons (Fsp3) is 0.500. The van der Waals surface area contributed by atoms with E-state index in [-0.39, 0.29) is 0 Å². The number of hydrogen-bond acceptors (Lipinski definition) is 3. The summed E-state index contributed by atoms with van der Waals surface area (Å²) in [5.41, 5.74) is 4.50. The molecule has 0 fully saturated rings. The molecule has 5 nitrogen and oxygen atoms in total. The van der Waals surface area contributed by atoms with Crippen LogP contribution in [0.1, 0.15) is 6.42 Å². The van der Waals surface area contributed by atoms with Crippen LogP contribution in [0.25, 0.3) is 0 Å². The van der Waals surface area contributed by atoms with E-state index in [1.54, 1.807) is 0 Å². The molecule has 0 aromatic carbocycles. The van der Waals surface area contributed by atoms with Gasteiger partial charge >= 0.3 is 11.9 Å². The summed E-state index contributed by atoms with van der Waals surface area (Å²) in [6, 6.07) is 0. The van der Waals surface area contributed by atoms with Crippen LogP contribution in [0.2, 0.25) is 0 Å². The molecule has 0 unspecified atom stereocenters. The number of carboxylic acid groups (broad SMARTS) is 2. The second kappa shape index (κ2) is 6.90. The van der Waals surface area contributed by atoms with Gasteiger partial charge in [-0.25, -0.2) is 0 Å². The predicted molar refractivity (Wildman–Crippen MR) is 30.0 cm³/mol. The summed E-state index contributed by atoms with van der Waals surface area (Å²) >= 11 is 0. The zero-order valence-corrected chi connectivity index (χ0v) is 5.00. The summed E-state index contributed by atoms with van der Waals surface area (Å²) in [6.07, 6.45) is -0.806. The van der Waals surface area contributed by atoms with Gasteiger partial charge in [0.1, 0.15) is 6.42 Å². The monoisotopic (exact) mass is 135 g/mol. The number of carbonyl (C=O) groups is 2. The van der Waals surface area contributed by atoms with Gasteiger partial charge in [0.05, 0.1) is 0 Å². The van der Waals surface area contributed by atoms with E-state index in [0.29, 0.717) is 0 Å². The van der Waals surface area contributed by atoms with Gasteiger partial charge in [0.15, 0.2) is 0 Å². The van der Waals surface area contributed by atoms with Gasteiger partial charge in [0, 0.05) is 0 Å². The number of carboxylic acids is 2. The molecule has 9 heavy (non-hydrogen) atoms. The van der Waals surface area contributed by atoms with Gasteiger partial charge in [-0.1, -0.05) is 0 Å². The highest BCUT2D eigenvalue weighted by Gasteiger charge is 2.01. The van der Waals surface area contributed by atoms with Gasteiger partial charge in [0.2, 0.25) is 0 Å². The highest BCUT2D eigenvalue weighted by Crippen LogP contribution is 1.74. The molecule has 0 saturated heterocycles. The molecule has 0 atom stereocenters. The summed E-state index contributed by atoms with van der Waals surface area (Å²) in [7, 11) is 1.50. The van der Waals surface area contributed by atoms with Crippen LogP contribution < -0.4 is 5.73 Å². The first-order chi connectivity index (χ1) is 4.13. The Kier molecular flexibility index (Phi) is 8.28. The fourth-order valence-corrected chi connectivity index (χ4v) is 0.129. The number of rotatable bonds is 2. The Balaban J connectivity index is 0. The first-order valence-electron chi connectivity index (χ1n) is 2.14. The second-order valence-electron chi connectivity index (χ2n) is 0.964. The van der Waals surface area contributed by atoms with Crippen molar-refractivity contribution in [2.75, 3.05) is 7.05 Å². The standard InChI is InChI=1S/C3H4O4.CH5N/c4-2(5)1-3(6)7;1-2/h1H2,(H,4,5)(H,6,7);2H2,1H3. The third-order valence-corrected chi connectivity index (χ3v) is 0.302. The van der Waals surface area contributed by atoms with Gasteiger partial charge in [-0.05, 0) is 7.05 Å². The minimum Gasteiger partial charge on any atom is -0.481 e. The van der Waals surface area contributed by atoms with Crippen LogP contribution in [-0.2, 0) is 9.59 Å². The summed E-state index contributed by atoms with van der Waals surface area (Å²) in [6.45, 7) is 0. The van der Waals surface area contributed by atoms with Crippen LogP contribution in [0.3, 0.4) is 0 Å². The van der Waals surface area contributed by atoms with E-state index in [2.05, 4.69) is 5.73 Å². The maximum Gasteiger partial charge on any atom is 0.314 e. The maximum atomic E-state index is 9.43. The Labute approximate surface area is 52.1 Å². The Hall–Kier alpha value is -1.10. The Morgan fingerprint density at radius 1 is 1.22 bits per heavy atom. The van der Waals surface area contributed by atoms with E-state index >= 15 is 0 Å². The lowest BCUT2D eigenvalue weighted by molar-refractivity contribution is -0.147. The summed E-state index contributed by atoms with van der Waals surface area (Å²) in [4.78, 5) is 18.9. The predicted octanol–water partition coefficient (Wildman–Crippen LogP) is -0.879. The lowest BCUT2D eigenvalue weighted by Gasteiger charge is -1.80. The van der Waals surface area contributed by atoms with E-state index in [0.717, 1.165) is 0 Å². The van der Waals surface area contributed by atoms with Crippen LogP contribution >= 0.6 is 0 Å². The van der Waals surface area contributed by atoms with Crippen LogP contribution in [-0.4, -0.2) is 29.2 Å². The van der Waals surface area contributed by atoms with Gasteiger partial charge < -0.3 is 15.9 Å². The average Bonchev–Trinajstić information content (AvgIpc) is 1.68. The van der Waals surface area contributed by atoms with Crippen LogP contribution in [0.5, 0.6) is 0 Å². The Morgan fingerprint density at radius 2 is 1.44 bits per heavy atom. The van der Waals surface area contributed by atoms with E-state index in [1.807, 2.05) is 0 Å². The van der Waals surface area contributed by atoms with Gasteiger partial charge in [-0.3, -0.25) is 9.59 Å².